The maximum atomic E-state index is 12.2. The van der Waals surface area contributed by atoms with Gasteiger partial charge in [0.05, 0.1) is 11.6 Å². The Bertz CT molecular complexity index is 424. The standard InChI is InChI=1S/C10H8Cl2F2O3/c1-2-16-9(15)6-3-5(11)4-7(12)8(6)17-10(13)14/h3-4,10H,2H2,1H3. The largest absolute Gasteiger partial charge is 0.462 e. The molecule has 94 valence electrons. The van der Waals surface area contributed by atoms with Gasteiger partial charge in [-0.1, -0.05) is 23.2 Å². The molecule has 1 rings (SSSR count). The minimum Gasteiger partial charge on any atom is -0.462 e. The van der Waals surface area contributed by atoms with Crippen molar-refractivity contribution in [1.82, 2.24) is 0 Å². The fourth-order valence-corrected chi connectivity index (χ4v) is 1.67. The zero-order valence-electron chi connectivity index (χ0n) is 8.68. The smallest absolute Gasteiger partial charge is 0.387 e. The molecule has 1 aromatic carbocycles. The van der Waals surface area contributed by atoms with Crippen molar-refractivity contribution < 1.29 is 23.0 Å². The van der Waals surface area contributed by atoms with Crippen LogP contribution >= 0.6 is 23.2 Å². The fourth-order valence-electron chi connectivity index (χ4n) is 1.13. The van der Waals surface area contributed by atoms with Gasteiger partial charge in [0, 0.05) is 5.02 Å². The summed E-state index contributed by atoms with van der Waals surface area (Å²) >= 11 is 11.3. The lowest BCUT2D eigenvalue weighted by Crippen LogP contribution is -2.11. The monoisotopic (exact) mass is 284 g/mol. The Kier molecular flexibility index (Phi) is 4.96. The second-order valence-corrected chi connectivity index (χ2v) is 3.71. The van der Waals surface area contributed by atoms with Gasteiger partial charge >= 0.3 is 12.6 Å². The van der Waals surface area contributed by atoms with E-state index < -0.39 is 18.3 Å². The highest BCUT2D eigenvalue weighted by Gasteiger charge is 2.21. The normalized spacial score (nSPS) is 10.5. The van der Waals surface area contributed by atoms with Crippen LogP contribution in [0.2, 0.25) is 10.0 Å². The van der Waals surface area contributed by atoms with Crippen molar-refractivity contribution in [2.75, 3.05) is 6.61 Å². The van der Waals surface area contributed by atoms with E-state index in [0.717, 1.165) is 6.07 Å². The first-order valence-electron chi connectivity index (χ1n) is 4.56. The third-order valence-corrected chi connectivity index (χ3v) is 2.21. The van der Waals surface area contributed by atoms with Crippen molar-refractivity contribution in [2.45, 2.75) is 13.5 Å². The Balaban J connectivity index is 3.19. The number of carbonyl (C=O) groups excluding carboxylic acids is 1. The molecule has 1 aromatic rings. The van der Waals surface area contributed by atoms with Crippen LogP contribution in [-0.4, -0.2) is 19.2 Å². The van der Waals surface area contributed by atoms with Gasteiger partial charge in [-0.25, -0.2) is 4.79 Å². The van der Waals surface area contributed by atoms with Crippen molar-refractivity contribution in [2.24, 2.45) is 0 Å². The number of carbonyl (C=O) groups is 1. The predicted octanol–water partition coefficient (Wildman–Crippen LogP) is 3.77. The summed E-state index contributed by atoms with van der Waals surface area (Å²) in [5, 5.41) is -0.0551. The van der Waals surface area contributed by atoms with Gasteiger partial charge in [0.2, 0.25) is 0 Å². The van der Waals surface area contributed by atoms with Crippen LogP contribution in [0.4, 0.5) is 8.78 Å². The number of alkyl halides is 2. The van der Waals surface area contributed by atoms with Crippen LogP contribution in [0.3, 0.4) is 0 Å². The summed E-state index contributed by atoms with van der Waals surface area (Å²) in [4.78, 5) is 11.5. The first kappa shape index (κ1) is 14.0. The highest BCUT2D eigenvalue weighted by Crippen LogP contribution is 2.34. The summed E-state index contributed by atoms with van der Waals surface area (Å²) in [6.45, 7) is -1.42. The minimum atomic E-state index is -3.10. The average molecular weight is 285 g/mol. The number of hydrogen-bond acceptors (Lipinski definition) is 3. The molecule has 0 aliphatic heterocycles. The molecule has 0 N–H and O–H groups in total. The molecule has 0 fully saturated rings. The van der Waals surface area contributed by atoms with E-state index in [2.05, 4.69) is 9.47 Å². The van der Waals surface area contributed by atoms with Crippen LogP contribution in [-0.2, 0) is 4.74 Å². The molecule has 3 nitrogen and oxygen atoms in total. The molecular weight excluding hydrogens is 277 g/mol. The molecule has 0 aliphatic rings. The molecule has 0 saturated heterocycles. The zero-order chi connectivity index (χ0) is 13.0. The molecule has 0 unspecified atom stereocenters. The molecule has 17 heavy (non-hydrogen) atoms. The lowest BCUT2D eigenvalue weighted by atomic mass is 10.2. The lowest BCUT2D eigenvalue weighted by Gasteiger charge is -2.12. The van der Waals surface area contributed by atoms with Gasteiger partial charge in [0.1, 0.15) is 5.56 Å². The number of esters is 1. The molecule has 0 aliphatic carbocycles. The van der Waals surface area contributed by atoms with E-state index in [1.807, 2.05) is 0 Å². The summed E-state index contributed by atoms with van der Waals surface area (Å²) in [6.07, 6.45) is 0. The molecule has 0 atom stereocenters. The van der Waals surface area contributed by atoms with Gasteiger partial charge in [0.25, 0.3) is 0 Å². The first-order chi connectivity index (χ1) is 7.95. The van der Waals surface area contributed by atoms with E-state index in [1.165, 1.54) is 6.07 Å². The zero-order valence-corrected chi connectivity index (χ0v) is 10.2. The number of benzene rings is 1. The van der Waals surface area contributed by atoms with Crippen LogP contribution in [0.15, 0.2) is 12.1 Å². The van der Waals surface area contributed by atoms with E-state index in [9.17, 15) is 13.6 Å². The second kappa shape index (κ2) is 6.02. The predicted molar refractivity (Wildman–Crippen MR) is 59.1 cm³/mol. The van der Waals surface area contributed by atoms with Gasteiger partial charge in [-0.15, -0.1) is 0 Å². The Hall–Kier alpha value is -1.07. The number of hydrogen-bond donors (Lipinski definition) is 0. The molecule has 0 amide bonds. The maximum absolute atomic E-state index is 12.2. The Morgan fingerprint density at radius 1 is 1.41 bits per heavy atom. The first-order valence-corrected chi connectivity index (χ1v) is 5.32. The summed E-state index contributed by atoms with van der Waals surface area (Å²) < 4.78 is 33.2. The molecular formula is C10H8Cl2F2O3. The fraction of sp³-hybridized carbons (Fsp3) is 0.300. The van der Waals surface area contributed by atoms with Crippen molar-refractivity contribution >= 4 is 29.2 Å². The Labute approximate surface area is 106 Å². The molecule has 0 radical (unpaired) electrons. The van der Waals surface area contributed by atoms with Crippen LogP contribution in [0.1, 0.15) is 17.3 Å². The topological polar surface area (TPSA) is 35.5 Å². The Morgan fingerprint density at radius 3 is 2.59 bits per heavy atom. The van der Waals surface area contributed by atoms with Gasteiger partial charge in [-0.3, -0.25) is 0 Å². The van der Waals surface area contributed by atoms with Gasteiger partial charge in [-0.2, -0.15) is 8.78 Å². The van der Waals surface area contributed by atoms with Crippen LogP contribution in [0, 0.1) is 0 Å². The molecule has 0 bridgehead atoms. The van der Waals surface area contributed by atoms with E-state index in [0.29, 0.717) is 0 Å². The van der Waals surface area contributed by atoms with E-state index in [-0.39, 0.29) is 22.2 Å². The number of ether oxygens (including phenoxy) is 2. The third-order valence-electron chi connectivity index (χ3n) is 1.71. The summed E-state index contributed by atoms with van der Waals surface area (Å²) in [7, 11) is 0. The summed E-state index contributed by atoms with van der Waals surface area (Å²) in [5.41, 5.74) is -0.232. The van der Waals surface area contributed by atoms with Crippen molar-refractivity contribution in [3.8, 4) is 5.75 Å². The summed E-state index contributed by atoms with van der Waals surface area (Å²) in [5.74, 6) is -1.27. The van der Waals surface area contributed by atoms with Crippen molar-refractivity contribution in [1.29, 1.82) is 0 Å². The van der Waals surface area contributed by atoms with Gasteiger partial charge in [-0.05, 0) is 19.1 Å². The highest BCUT2D eigenvalue weighted by molar-refractivity contribution is 6.36. The molecule has 0 aromatic heterocycles. The quantitative estimate of drug-likeness (QED) is 0.790. The highest BCUT2D eigenvalue weighted by atomic mass is 35.5. The number of halogens is 4. The lowest BCUT2D eigenvalue weighted by molar-refractivity contribution is -0.0503. The van der Waals surface area contributed by atoms with E-state index in [4.69, 9.17) is 23.2 Å². The summed E-state index contributed by atoms with van der Waals surface area (Å²) in [6, 6.07) is 2.35. The van der Waals surface area contributed by atoms with Crippen LogP contribution in [0.25, 0.3) is 0 Å². The van der Waals surface area contributed by atoms with Gasteiger partial charge < -0.3 is 9.47 Å². The van der Waals surface area contributed by atoms with E-state index in [1.54, 1.807) is 6.92 Å². The minimum absolute atomic E-state index is 0.0943. The van der Waals surface area contributed by atoms with Crippen molar-refractivity contribution in [3.05, 3.63) is 27.7 Å². The molecule has 0 saturated carbocycles. The van der Waals surface area contributed by atoms with Crippen LogP contribution in [0.5, 0.6) is 5.75 Å². The average Bonchev–Trinajstić information content (AvgIpc) is 2.21. The Morgan fingerprint density at radius 2 is 2.06 bits per heavy atom. The van der Waals surface area contributed by atoms with Crippen molar-refractivity contribution in [3.63, 3.8) is 0 Å². The molecule has 0 heterocycles. The molecule has 7 heteroatoms. The van der Waals surface area contributed by atoms with E-state index >= 15 is 0 Å². The number of rotatable bonds is 4. The second-order valence-electron chi connectivity index (χ2n) is 2.86. The van der Waals surface area contributed by atoms with Crippen LogP contribution < -0.4 is 4.74 Å². The third kappa shape index (κ3) is 3.71. The SMILES string of the molecule is CCOC(=O)c1cc(Cl)cc(Cl)c1OC(F)F. The maximum Gasteiger partial charge on any atom is 0.387 e. The molecule has 0 spiro atoms. The van der Waals surface area contributed by atoms with Gasteiger partial charge in [0.15, 0.2) is 5.75 Å².